The van der Waals surface area contributed by atoms with Gasteiger partial charge in [-0.2, -0.15) is 0 Å². The van der Waals surface area contributed by atoms with Gasteiger partial charge in [0.15, 0.2) is 0 Å². The van der Waals surface area contributed by atoms with Gasteiger partial charge in [0.1, 0.15) is 11.6 Å². The van der Waals surface area contributed by atoms with Gasteiger partial charge in [0.25, 0.3) is 0 Å². The molecule has 2 rings (SSSR count). The smallest absolute Gasteiger partial charge is 0.125 e. The van der Waals surface area contributed by atoms with Crippen LogP contribution in [-0.4, -0.2) is 25.2 Å². The largest absolute Gasteiger partial charge is 0.496 e. The molecule has 124 valence electrons. The Morgan fingerprint density at radius 1 is 1.04 bits per heavy atom. The number of methoxy groups -OCH3 is 1. The topological polar surface area (TPSA) is 46.2 Å². The van der Waals surface area contributed by atoms with Crippen molar-refractivity contribution in [3.8, 4) is 5.75 Å². The fourth-order valence-corrected chi connectivity index (χ4v) is 2.76. The Hall–Kier alpha value is -2.07. The molecule has 0 fully saturated rings. The Morgan fingerprint density at radius 2 is 1.78 bits per heavy atom. The van der Waals surface area contributed by atoms with Crippen molar-refractivity contribution >= 4 is 5.82 Å². The van der Waals surface area contributed by atoms with Crippen molar-refractivity contribution in [1.82, 2.24) is 10.3 Å². The van der Waals surface area contributed by atoms with Gasteiger partial charge < -0.3 is 15.4 Å². The van der Waals surface area contributed by atoms with E-state index in [1.54, 1.807) is 7.11 Å². The average Bonchev–Trinajstić information content (AvgIpc) is 2.55. The summed E-state index contributed by atoms with van der Waals surface area (Å²) in [6.07, 6.45) is 4.08. The maximum absolute atomic E-state index is 5.40. The number of ether oxygens (including phenoxy) is 1. The van der Waals surface area contributed by atoms with Crippen LogP contribution in [0.1, 0.15) is 29.5 Å². The van der Waals surface area contributed by atoms with Gasteiger partial charge in [-0.05, 0) is 62.1 Å². The first-order chi connectivity index (χ1) is 11.2. The van der Waals surface area contributed by atoms with Gasteiger partial charge in [-0.25, -0.2) is 4.98 Å². The number of unbranched alkanes of at least 4 members (excludes halogenated alkanes) is 1. The molecule has 0 bridgehead atoms. The van der Waals surface area contributed by atoms with Crippen LogP contribution in [0.25, 0.3) is 0 Å². The SMILES string of the molecule is COc1c(C)cc(CNCCCCNc2ccccn2)cc1C. The summed E-state index contributed by atoms with van der Waals surface area (Å²) in [5.41, 5.74) is 3.71. The highest BCUT2D eigenvalue weighted by Gasteiger charge is 2.04. The Balaban J connectivity index is 1.62. The fourth-order valence-electron chi connectivity index (χ4n) is 2.76. The lowest BCUT2D eigenvalue weighted by Gasteiger charge is -2.12. The van der Waals surface area contributed by atoms with Crippen LogP contribution >= 0.6 is 0 Å². The van der Waals surface area contributed by atoms with E-state index in [0.717, 1.165) is 44.0 Å². The molecule has 2 N–H and O–H groups in total. The molecule has 0 spiro atoms. The first kappa shape index (κ1) is 17.3. The van der Waals surface area contributed by atoms with E-state index < -0.39 is 0 Å². The predicted octanol–water partition coefficient (Wildman–Crippen LogP) is 3.69. The second-order valence-corrected chi connectivity index (χ2v) is 5.79. The van der Waals surface area contributed by atoms with E-state index in [1.165, 1.54) is 16.7 Å². The van der Waals surface area contributed by atoms with Crippen LogP contribution in [0, 0.1) is 13.8 Å². The van der Waals surface area contributed by atoms with Crippen LogP contribution in [0.15, 0.2) is 36.5 Å². The lowest BCUT2D eigenvalue weighted by molar-refractivity contribution is 0.408. The minimum absolute atomic E-state index is 0.902. The second kappa shape index (κ2) is 9.16. The lowest BCUT2D eigenvalue weighted by atomic mass is 10.1. The molecular weight excluding hydrogens is 286 g/mol. The summed E-state index contributed by atoms with van der Waals surface area (Å²) >= 11 is 0. The molecule has 4 heteroatoms. The zero-order chi connectivity index (χ0) is 16.5. The molecular formula is C19H27N3O. The quantitative estimate of drug-likeness (QED) is 0.693. The Bertz CT molecular complexity index is 576. The predicted molar refractivity (Wildman–Crippen MR) is 96.1 cm³/mol. The van der Waals surface area contributed by atoms with Crippen molar-refractivity contribution < 1.29 is 4.74 Å². The lowest BCUT2D eigenvalue weighted by Crippen LogP contribution is -2.16. The third-order valence-electron chi connectivity index (χ3n) is 3.80. The number of nitrogens with one attached hydrogen (secondary N) is 2. The van der Waals surface area contributed by atoms with Gasteiger partial charge >= 0.3 is 0 Å². The van der Waals surface area contributed by atoms with E-state index in [0.29, 0.717) is 0 Å². The number of anilines is 1. The highest BCUT2D eigenvalue weighted by atomic mass is 16.5. The van der Waals surface area contributed by atoms with Crippen molar-refractivity contribution in [3.05, 3.63) is 53.2 Å². The molecule has 0 aliphatic heterocycles. The van der Waals surface area contributed by atoms with E-state index in [2.05, 4.69) is 41.6 Å². The van der Waals surface area contributed by atoms with E-state index in [9.17, 15) is 0 Å². The molecule has 0 aliphatic carbocycles. The van der Waals surface area contributed by atoms with Crippen LogP contribution in [0.2, 0.25) is 0 Å². The third-order valence-corrected chi connectivity index (χ3v) is 3.80. The normalized spacial score (nSPS) is 10.6. The molecule has 4 nitrogen and oxygen atoms in total. The minimum Gasteiger partial charge on any atom is -0.496 e. The van der Waals surface area contributed by atoms with E-state index in [4.69, 9.17) is 4.74 Å². The van der Waals surface area contributed by atoms with Crippen LogP contribution in [0.3, 0.4) is 0 Å². The van der Waals surface area contributed by atoms with Gasteiger partial charge in [-0.15, -0.1) is 0 Å². The van der Waals surface area contributed by atoms with Crippen LogP contribution in [0.5, 0.6) is 5.75 Å². The molecule has 0 unspecified atom stereocenters. The molecule has 23 heavy (non-hydrogen) atoms. The number of benzene rings is 1. The Labute approximate surface area is 139 Å². The van der Waals surface area contributed by atoms with Crippen molar-refractivity contribution in [2.24, 2.45) is 0 Å². The van der Waals surface area contributed by atoms with E-state index >= 15 is 0 Å². The molecule has 0 aliphatic rings. The minimum atomic E-state index is 0.902. The maximum Gasteiger partial charge on any atom is 0.125 e. The zero-order valence-electron chi connectivity index (χ0n) is 14.4. The first-order valence-electron chi connectivity index (χ1n) is 8.20. The fraction of sp³-hybridized carbons (Fsp3) is 0.421. The van der Waals surface area contributed by atoms with Crippen molar-refractivity contribution in [3.63, 3.8) is 0 Å². The number of aromatic nitrogens is 1. The van der Waals surface area contributed by atoms with Crippen molar-refractivity contribution in [1.29, 1.82) is 0 Å². The number of hydrogen-bond acceptors (Lipinski definition) is 4. The molecule has 0 amide bonds. The van der Waals surface area contributed by atoms with Crippen molar-refractivity contribution in [2.75, 3.05) is 25.5 Å². The highest BCUT2D eigenvalue weighted by Crippen LogP contribution is 2.24. The number of rotatable bonds is 9. The monoisotopic (exact) mass is 313 g/mol. The van der Waals surface area contributed by atoms with Crippen LogP contribution in [-0.2, 0) is 6.54 Å². The summed E-state index contributed by atoms with van der Waals surface area (Å²) in [7, 11) is 1.73. The van der Waals surface area contributed by atoms with Gasteiger partial charge in [0.2, 0.25) is 0 Å². The molecule has 0 saturated heterocycles. The average molecular weight is 313 g/mol. The zero-order valence-corrected chi connectivity index (χ0v) is 14.4. The molecule has 1 aromatic heterocycles. The summed E-state index contributed by atoms with van der Waals surface area (Å²) in [5.74, 6) is 1.94. The second-order valence-electron chi connectivity index (χ2n) is 5.79. The Kier molecular flexibility index (Phi) is 6.88. The number of nitrogens with zero attached hydrogens (tertiary/aromatic N) is 1. The summed E-state index contributed by atoms with van der Waals surface area (Å²) in [6.45, 7) is 7.07. The molecule has 0 saturated carbocycles. The number of hydrogen-bond donors (Lipinski definition) is 2. The Morgan fingerprint density at radius 3 is 2.43 bits per heavy atom. The number of aryl methyl sites for hydroxylation is 2. The summed E-state index contributed by atoms with van der Waals surface area (Å²) in [6, 6.07) is 10.3. The van der Waals surface area contributed by atoms with Crippen LogP contribution < -0.4 is 15.4 Å². The maximum atomic E-state index is 5.40. The van der Waals surface area contributed by atoms with E-state index in [-0.39, 0.29) is 0 Å². The molecule has 1 heterocycles. The third kappa shape index (κ3) is 5.57. The molecule has 1 aromatic carbocycles. The van der Waals surface area contributed by atoms with Gasteiger partial charge in [0.05, 0.1) is 7.11 Å². The van der Waals surface area contributed by atoms with Gasteiger partial charge in [-0.3, -0.25) is 0 Å². The van der Waals surface area contributed by atoms with E-state index in [1.807, 2.05) is 24.4 Å². The van der Waals surface area contributed by atoms with Gasteiger partial charge in [-0.1, -0.05) is 18.2 Å². The molecule has 2 aromatic rings. The van der Waals surface area contributed by atoms with Crippen molar-refractivity contribution in [2.45, 2.75) is 33.2 Å². The number of pyridine rings is 1. The summed E-state index contributed by atoms with van der Waals surface area (Å²) in [5, 5.41) is 6.84. The summed E-state index contributed by atoms with van der Waals surface area (Å²) in [4.78, 5) is 4.25. The van der Waals surface area contributed by atoms with Crippen LogP contribution in [0.4, 0.5) is 5.82 Å². The van der Waals surface area contributed by atoms with Gasteiger partial charge in [0, 0.05) is 19.3 Å². The molecule has 0 radical (unpaired) electrons. The summed E-state index contributed by atoms with van der Waals surface area (Å²) < 4.78 is 5.40. The standard InChI is InChI=1S/C19H27N3O/c1-15-12-17(13-16(2)19(15)23-3)14-20-9-6-7-11-22-18-8-4-5-10-21-18/h4-5,8,10,12-13,20H,6-7,9,11,14H2,1-3H3,(H,21,22). The highest BCUT2D eigenvalue weighted by molar-refractivity contribution is 5.43. The molecule has 0 atom stereocenters. The first-order valence-corrected chi connectivity index (χ1v) is 8.20.